The van der Waals surface area contributed by atoms with E-state index in [0.29, 0.717) is 22.0 Å². The summed E-state index contributed by atoms with van der Waals surface area (Å²) in [6.45, 7) is 19.7. The second-order valence-electron chi connectivity index (χ2n) is 11.4. The third-order valence-electron chi connectivity index (χ3n) is 8.47. The van der Waals surface area contributed by atoms with Gasteiger partial charge in [0.1, 0.15) is 22.9 Å². The van der Waals surface area contributed by atoms with E-state index in [9.17, 15) is 23.3 Å². The minimum absolute atomic E-state index is 0.0108. The van der Waals surface area contributed by atoms with Gasteiger partial charge in [-0.15, -0.1) is 0 Å². The lowest BCUT2D eigenvalue weighted by Gasteiger charge is -2.21. The molecule has 0 saturated carbocycles. The molecule has 10 heteroatoms. The van der Waals surface area contributed by atoms with Gasteiger partial charge in [-0.25, -0.2) is 8.42 Å². The molecule has 0 saturated heterocycles. The Labute approximate surface area is 312 Å². The number of sulfone groups is 1. The van der Waals surface area contributed by atoms with Crippen LogP contribution in [0.3, 0.4) is 0 Å². The highest BCUT2D eigenvalue weighted by atomic mass is 32.2. The van der Waals surface area contributed by atoms with Gasteiger partial charge in [0.2, 0.25) is 9.84 Å². The number of carbonyl (C=O) groups excluding carboxylic acids is 2. The van der Waals surface area contributed by atoms with Crippen LogP contribution in [0.4, 0.5) is 0 Å². The lowest BCUT2D eigenvalue weighted by molar-refractivity contribution is 0.0992. The zero-order valence-electron chi connectivity index (χ0n) is 32.0. The number of aromatic nitrogens is 1. The lowest BCUT2D eigenvalue weighted by atomic mass is 10.00. The third kappa shape index (κ3) is 6.97. The van der Waals surface area contributed by atoms with Gasteiger partial charge >= 0.3 is 0 Å². The number of ketones is 1. The lowest BCUT2D eigenvalue weighted by Crippen LogP contribution is -2.46. The highest BCUT2D eigenvalue weighted by Gasteiger charge is 2.36. The summed E-state index contributed by atoms with van der Waals surface area (Å²) in [5.74, 6) is -0.406. The van der Waals surface area contributed by atoms with Gasteiger partial charge < -0.3 is 4.74 Å². The molecule has 9 nitrogen and oxygen atoms in total. The molecule has 8 rings (SSSR count). The Hall–Kier alpha value is -5.66. The van der Waals surface area contributed by atoms with Crippen LogP contribution < -0.4 is 20.9 Å². The molecule has 1 aromatic heterocycles. The fourth-order valence-electron chi connectivity index (χ4n) is 6.28. The maximum absolute atomic E-state index is 13.9. The molecular weight excluding hydrogens is 685 g/mol. The normalized spacial score (nSPS) is 16.9. The fraction of sp³-hybridized carbons (Fsp3) is 0.279. The first-order chi connectivity index (χ1) is 25.7. The maximum atomic E-state index is 13.9. The zero-order chi connectivity index (χ0) is 39.2. The molecule has 2 unspecified atom stereocenters. The Morgan fingerprint density at radius 3 is 2.13 bits per heavy atom. The van der Waals surface area contributed by atoms with Crippen molar-refractivity contribution in [3.8, 4) is 17.6 Å². The molecule has 0 fully saturated rings. The molecule has 1 aliphatic carbocycles. The van der Waals surface area contributed by atoms with Crippen molar-refractivity contribution < 1.29 is 22.7 Å². The van der Waals surface area contributed by atoms with Gasteiger partial charge in [-0.2, -0.15) is 10.3 Å². The van der Waals surface area contributed by atoms with Crippen molar-refractivity contribution >= 4 is 27.6 Å². The number of hydrogen-bond donors (Lipinski definition) is 0. The van der Waals surface area contributed by atoms with Gasteiger partial charge in [0.25, 0.3) is 5.91 Å². The van der Waals surface area contributed by atoms with E-state index in [2.05, 4.69) is 11.1 Å². The molecule has 4 aromatic rings. The van der Waals surface area contributed by atoms with Gasteiger partial charge in [-0.1, -0.05) is 97.9 Å². The molecule has 4 heterocycles. The highest BCUT2D eigenvalue weighted by Crippen LogP contribution is 2.36. The first-order valence-corrected chi connectivity index (χ1v) is 19.7. The SMILES string of the molecule is CC.CC.CC.CC.Cc1ccc2c(c1)Oc1c(C#N)c(=NC(=O)c3ccc4c(c3)S(=O)(=O)c3cc(C)ccc3C4=O)n3c(c1=C2)=NC1C=CC=CC13. The van der Waals surface area contributed by atoms with E-state index in [1.165, 1.54) is 30.3 Å². The van der Waals surface area contributed by atoms with E-state index in [-0.39, 0.29) is 55.4 Å². The van der Waals surface area contributed by atoms with Gasteiger partial charge in [0.15, 0.2) is 17.0 Å². The molecule has 2 atom stereocenters. The molecule has 0 spiro atoms. The number of allylic oxidation sites excluding steroid dienone is 2. The quantitative estimate of drug-likeness (QED) is 0.170. The molecule has 0 bridgehead atoms. The van der Waals surface area contributed by atoms with Crippen LogP contribution in [0.15, 0.2) is 98.7 Å². The number of fused-ring (bicyclic) bond motifs is 8. The summed E-state index contributed by atoms with van der Waals surface area (Å²) in [5.41, 5.74) is 3.15. The van der Waals surface area contributed by atoms with Crippen molar-refractivity contribution in [2.75, 3.05) is 0 Å². The molecule has 1 amide bonds. The van der Waals surface area contributed by atoms with Gasteiger partial charge in [-0.3, -0.25) is 19.1 Å². The smallest absolute Gasteiger partial charge is 0.279 e. The summed E-state index contributed by atoms with van der Waals surface area (Å²) >= 11 is 0. The van der Waals surface area contributed by atoms with Crippen LogP contribution in [0.5, 0.6) is 11.5 Å². The molecule has 3 aromatic carbocycles. The zero-order valence-corrected chi connectivity index (χ0v) is 32.8. The monoisotopic (exact) mass is 730 g/mol. The van der Waals surface area contributed by atoms with E-state index >= 15 is 0 Å². The van der Waals surface area contributed by atoms with Crippen molar-refractivity contribution in [1.29, 1.82) is 5.26 Å². The Morgan fingerprint density at radius 2 is 1.45 bits per heavy atom. The average molecular weight is 731 g/mol. The minimum Gasteiger partial charge on any atom is -0.454 e. The summed E-state index contributed by atoms with van der Waals surface area (Å²) in [4.78, 5) is 36.1. The summed E-state index contributed by atoms with van der Waals surface area (Å²) in [6.07, 6.45) is 9.56. The van der Waals surface area contributed by atoms with E-state index < -0.39 is 21.5 Å². The van der Waals surface area contributed by atoms with Crippen LogP contribution in [0.25, 0.3) is 6.08 Å². The third-order valence-corrected chi connectivity index (χ3v) is 10.3. The second kappa shape index (κ2) is 16.8. The van der Waals surface area contributed by atoms with Crippen LogP contribution in [-0.2, 0) is 9.84 Å². The highest BCUT2D eigenvalue weighted by molar-refractivity contribution is 7.91. The first kappa shape index (κ1) is 40.1. The molecule has 53 heavy (non-hydrogen) atoms. The predicted molar refractivity (Wildman–Crippen MR) is 208 cm³/mol. The molecule has 4 aliphatic rings. The van der Waals surface area contributed by atoms with Gasteiger partial charge in [0, 0.05) is 22.3 Å². The summed E-state index contributed by atoms with van der Waals surface area (Å²) < 4.78 is 35.3. The number of nitrogens with zero attached hydrogens (tertiary/aromatic N) is 4. The molecule has 274 valence electrons. The molecule has 0 N–H and O–H groups in total. The van der Waals surface area contributed by atoms with Crippen molar-refractivity contribution in [3.63, 3.8) is 0 Å². The first-order valence-electron chi connectivity index (χ1n) is 18.2. The number of ether oxygens (including phenoxy) is 1. The average Bonchev–Trinajstić information content (AvgIpc) is 3.59. The Bertz CT molecular complexity index is 2520. The van der Waals surface area contributed by atoms with Crippen LogP contribution in [-0.4, -0.2) is 30.7 Å². The van der Waals surface area contributed by atoms with Crippen LogP contribution in [0, 0.1) is 25.2 Å². The van der Waals surface area contributed by atoms with Crippen molar-refractivity contribution in [3.05, 3.63) is 134 Å². The predicted octanol–water partition coefficient (Wildman–Crippen LogP) is 7.80. The van der Waals surface area contributed by atoms with E-state index in [1.54, 1.807) is 17.6 Å². The summed E-state index contributed by atoms with van der Waals surface area (Å²) in [7, 11) is -4.10. The van der Waals surface area contributed by atoms with Crippen molar-refractivity contribution in [1.82, 2.24) is 4.57 Å². The number of pyridine rings is 1. The molecular formula is C43H46N4O5S. The van der Waals surface area contributed by atoms with E-state index in [1.807, 2.05) is 111 Å². The molecule has 0 radical (unpaired) electrons. The Balaban J connectivity index is 0.000000737. The topological polar surface area (TPSA) is 131 Å². The summed E-state index contributed by atoms with van der Waals surface area (Å²) in [5, 5.41) is 11.1. The minimum atomic E-state index is -4.10. The maximum Gasteiger partial charge on any atom is 0.279 e. The molecule has 3 aliphatic heterocycles. The number of rotatable bonds is 1. The summed E-state index contributed by atoms with van der Waals surface area (Å²) in [6, 6.07) is 15.9. The fourth-order valence-corrected chi connectivity index (χ4v) is 8.04. The number of benzene rings is 3. The van der Waals surface area contributed by atoms with E-state index in [0.717, 1.165) is 11.1 Å². The number of nitriles is 1. The largest absolute Gasteiger partial charge is 0.454 e. The van der Waals surface area contributed by atoms with Gasteiger partial charge in [-0.05, 0) is 67.4 Å². The van der Waals surface area contributed by atoms with Crippen LogP contribution in [0.2, 0.25) is 0 Å². The Morgan fingerprint density at radius 1 is 0.849 bits per heavy atom. The van der Waals surface area contributed by atoms with Crippen LogP contribution in [0.1, 0.15) is 110 Å². The standard InChI is InChI=1S/C35H22N4O5S.4C2H6/c1-18-7-9-20-15-24-32(44-28(20)13-18)25(17-36)34(39-27-6-4-3-5-26(27)37-33(24)39)38-35(41)21-10-12-23-30(16-21)45(42,43)29-14-19(2)8-11-22(29)31(23)40;4*1-2/h3-16,26-27H,1-2H3;4*1-2H3. The number of hydrogen-bond acceptors (Lipinski definition) is 7. The van der Waals surface area contributed by atoms with Crippen LogP contribution >= 0.6 is 0 Å². The van der Waals surface area contributed by atoms with Crippen molar-refractivity contribution in [2.45, 2.75) is 91.1 Å². The Kier molecular flexibility index (Phi) is 12.7. The van der Waals surface area contributed by atoms with Crippen molar-refractivity contribution in [2.24, 2.45) is 9.98 Å². The second-order valence-corrected chi connectivity index (χ2v) is 13.3. The van der Waals surface area contributed by atoms with Gasteiger partial charge in [0.05, 0.1) is 27.1 Å². The van der Waals surface area contributed by atoms with E-state index in [4.69, 9.17) is 9.73 Å². The number of amides is 1. The number of carbonyl (C=O) groups is 2. The number of aryl methyl sites for hydroxylation is 2.